The molecule has 2 aromatic carbocycles. The molecule has 2 amide bonds. The van der Waals surface area contributed by atoms with Gasteiger partial charge in [0.05, 0.1) is 11.1 Å². The van der Waals surface area contributed by atoms with Crippen molar-refractivity contribution in [2.45, 2.75) is 126 Å². The Morgan fingerprint density at radius 2 is 1.27 bits per heavy atom. The van der Waals surface area contributed by atoms with Crippen molar-refractivity contribution in [2.75, 3.05) is 47.8 Å². The van der Waals surface area contributed by atoms with Gasteiger partial charge in [0.25, 0.3) is 0 Å². The maximum absolute atomic E-state index is 12.4. The third-order valence-electron chi connectivity index (χ3n) is 13.1. The Kier molecular flexibility index (Phi) is 20.2. The van der Waals surface area contributed by atoms with Crippen LogP contribution in [-0.2, 0) is 33.6 Å². The second-order valence-corrected chi connectivity index (χ2v) is 20.5. The summed E-state index contributed by atoms with van der Waals surface area (Å²) >= 11 is 15.9. The van der Waals surface area contributed by atoms with Crippen molar-refractivity contribution in [3.05, 3.63) is 114 Å². The van der Waals surface area contributed by atoms with Crippen LogP contribution in [0.3, 0.4) is 0 Å². The number of halogens is 2. The van der Waals surface area contributed by atoms with Gasteiger partial charge in [0.1, 0.15) is 0 Å². The number of amides is 2. The van der Waals surface area contributed by atoms with Crippen LogP contribution in [0.1, 0.15) is 104 Å². The molecule has 3 aliphatic rings. The molecule has 1 unspecified atom stereocenters. The fourth-order valence-electron chi connectivity index (χ4n) is 9.15. The minimum absolute atomic E-state index is 0.0373. The van der Waals surface area contributed by atoms with Gasteiger partial charge < -0.3 is 22.1 Å². The SMILES string of the molecule is CN(C)C1(c2cccs2)CCC(N)CC1.CN(C)C1(c2cccs2)CCC(NC(=O)CCCC(=O)NCCCc2ccccc2)CC1.NC1CCN(Cc2c(Cl)cccc2Cl)C1. The number of benzene rings is 2. The van der Waals surface area contributed by atoms with E-state index >= 15 is 0 Å². The molecule has 13 heteroatoms. The zero-order valence-corrected chi connectivity index (χ0v) is 40.6. The Hall–Kier alpha value is -2.84. The molecule has 7 rings (SSSR count). The van der Waals surface area contributed by atoms with Gasteiger partial charge in [-0.3, -0.25) is 24.3 Å². The van der Waals surface area contributed by atoms with E-state index in [1.165, 1.54) is 28.2 Å². The highest BCUT2D eigenvalue weighted by molar-refractivity contribution is 7.10. The Balaban J connectivity index is 0.000000200. The summed E-state index contributed by atoms with van der Waals surface area (Å²) < 4.78 is 0. The number of hydrogen-bond acceptors (Lipinski definition) is 9. The highest BCUT2D eigenvalue weighted by Crippen LogP contribution is 2.44. The summed E-state index contributed by atoms with van der Waals surface area (Å²) in [5.74, 6) is 0.107. The number of carbonyl (C=O) groups is 2. The van der Waals surface area contributed by atoms with Crippen LogP contribution in [0.25, 0.3) is 0 Å². The van der Waals surface area contributed by atoms with Crippen LogP contribution in [0.2, 0.25) is 10.0 Å². The first kappa shape index (κ1) is 50.2. The molecule has 340 valence electrons. The lowest BCUT2D eigenvalue weighted by Gasteiger charge is -2.44. The van der Waals surface area contributed by atoms with Crippen LogP contribution in [0.5, 0.6) is 0 Å². The topological polar surface area (TPSA) is 120 Å². The monoisotopic (exact) mass is 923 g/mol. The highest BCUT2D eigenvalue weighted by Gasteiger charge is 2.40. The van der Waals surface area contributed by atoms with Gasteiger partial charge in [-0.05, 0) is 146 Å². The minimum Gasteiger partial charge on any atom is -0.356 e. The first-order valence-electron chi connectivity index (χ1n) is 22.5. The molecular formula is C49H71Cl2N7O2S2. The summed E-state index contributed by atoms with van der Waals surface area (Å²) in [5, 5.41) is 12.0. The minimum atomic E-state index is 0.0373. The van der Waals surface area contributed by atoms with E-state index in [-0.39, 0.29) is 28.9 Å². The van der Waals surface area contributed by atoms with Gasteiger partial charge in [-0.15, -0.1) is 22.7 Å². The molecule has 62 heavy (non-hydrogen) atoms. The normalized spacial score (nSPS) is 23.9. The van der Waals surface area contributed by atoms with E-state index in [1.807, 2.05) is 59.1 Å². The summed E-state index contributed by atoms with van der Waals surface area (Å²) in [6.07, 6.45) is 13.1. The fraction of sp³-hybridized carbons (Fsp3) is 0.551. The van der Waals surface area contributed by atoms with E-state index in [0.29, 0.717) is 37.9 Å². The predicted octanol–water partition coefficient (Wildman–Crippen LogP) is 9.42. The molecule has 1 atom stereocenters. The van der Waals surface area contributed by atoms with Gasteiger partial charge in [0.15, 0.2) is 0 Å². The van der Waals surface area contributed by atoms with Crippen LogP contribution in [0.15, 0.2) is 83.6 Å². The number of thiophene rings is 2. The van der Waals surface area contributed by atoms with Gasteiger partial charge in [-0.2, -0.15) is 0 Å². The maximum atomic E-state index is 12.4. The maximum Gasteiger partial charge on any atom is 0.220 e. The van der Waals surface area contributed by atoms with Crippen molar-refractivity contribution >= 4 is 57.7 Å². The lowest BCUT2D eigenvalue weighted by Crippen LogP contribution is -2.48. The molecule has 9 nitrogen and oxygen atoms in total. The second kappa shape index (κ2) is 25.0. The third-order valence-corrected chi connectivity index (χ3v) is 15.9. The second-order valence-electron chi connectivity index (χ2n) is 17.8. The smallest absolute Gasteiger partial charge is 0.220 e. The van der Waals surface area contributed by atoms with E-state index in [2.05, 4.69) is 101 Å². The van der Waals surface area contributed by atoms with Gasteiger partial charge in [-0.1, -0.05) is 71.7 Å². The molecule has 2 aliphatic carbocycles. The van der Waals surface area contributed by atoms with E-state index in [4.69, 9.17) is 34.7 Å². The van der Waals surface area contributed by atoms with Crippen LogP contribution in [0.4, 0.5) is 0 Å². The van der Waals surface area contributed by atoms with Gasteiger partial charge in [0, 0.05) is 82.5 Å². The Morgan fingerprint density at radius 1 is 0.710 bits per heavy atom. The summed E-state index contributed by atoms with van der Waals surface area (Å²) in [6, 6.07) is 25.6. The number of likely N-dealkylation sites (tertiary alicyclic amines) is 1. The van der Waals surface area contributed by atoms with E-state index in [9.17, 15) is 9.59 Å². The molecule has 3 heterocycles. The lowest BCUT2D eigenvalue weighted by molar-refractivity contribution is -0.123. The summed E-state index contributed by atoms with van der Waals surface area (Å²) in [7, 11) is 8.70. The van der Waals surface area contributed by atoms with Crippen LogP contribution in [-0.4, -0.2) is 92.5 Å². The van der Waals surface area contributed by atoms with E-state index < -0.39 is 0 Å². The van der Waals surface area contributed by atoms with Crippen molar-refractivity contribution in [1.29, 1.82) is 0 Å². The van der Waals surface area contributed by atoms with Crippen molar-refractivity contribution in [3.8, 4) is 0 Å². The Labute approximate surface area is 389 Å². The molecule has 3 fully saturated rings. The molecular weight excluding hydrogens is 854 g/mol. The van der Waals surface area contributed by atoms with Crippen LogP contribution < -0.4 is 22.1 Å². The molecule has 2 saturated carbocycles. The van der Waals surface area contributed by atoms with Gasteiger partial charge in [0.2, 0.25) is 11.8 Å². The van der Waals surface area contributed by atoms with Crippen molar-refractivity contribution in [3.63, 3.8) is 0 Å². The van der Waals surface area contributed by atoms with Gasteiger partial charge in [-0.25, -0.2) is 0 Å². The Bertz CT molecular complexity index is 1880. The third kappa shape index (κ3) is 14.6. The first-order valence-corrected chi connectivity index (χ1v) is 25.0. The fourth-order valence-corrected chi connectivity index (χ4v) is 11.8. The molecule has 0 bridgehead atoms. The largest absolute Gasteiger partial charge is 0.356 e. The summed E-state index contributed by atoms with van der Waals surface area (Å²) in [6.45, 7) is 3.44. The Morgan fingerprint density at radius 3 is 1.79 bits per heavy atom. The highest BCUT2D eigenvalue weighted by atomic mass is 35.5. The zero-order chi connectivity index (χ0) is 44.5. The van der Waals surface area contributed by atoms with Crippen molar-refractivity contribution in [2.24, 2.45) is 11.5 Å². The number of rotatable bonds is 15. The molecule has 4 aromatic rings. The van der Waals surface area contributed by atoms with Crippen molar-refractivity contribution < 1.29 is 9.59 Å². The molecule has 0 spiro atoms. The molecule has 1 aliphatic heterocycles. The number of carbonyl (C=O) groups excluding carboxylic acids is 2. The zero-order valence-electron chi connectivity index (χ0n) is 37.4. The van der Waals surface area contributed by atoms with Crippen molar-refractivity contribution in [1.82, 2.24) is 25.3 Å². The van der Waals surface area contributed by atoms with Gasteiger partial charge >= 0.3 is 0 Å². The van der Waals surface area contributed by atoms with Crippen LogP contribution >= 0.6 is 45.9 Å². The number of nitrogens with zero attached hydrogens (tertiary/aromatic N) is 3. The van der Waals surface area contributed by atoms with Crippen LogP contribution in [0, 0.1) is 0 Å². The average molecular weight is 925 g/mol. The predicted molar refractivity (Wildman–Crippen MR) is 262 cm³/mol. The summed E-state index contributed by atoms with van der Waals surface area (Å²) in [5.41, 5.74) is 14.5. The standard InChI is InChI=1S/C26H37N3O2S.C12H20N2S.C11H14Cl2N2/c1-29(2)26(23-12-8-20-32-23)17-15-22(16-18-26)28-25(31)14-6-13-24(30)27-19-7-11-21-9-4-3-5-10-21;1-14(2)12(11-4-3-9-15-11)7-5-10(13)6-8-12;12-10-2-1-3-11(13)9(10)7-15-5-4-8(14)6-15/h3-5,8-10,12,20,22H,6-7,11,13-19H2,1-2H3,(H,27,30)(H,28,31);3-4,9-10H,5-8,13H2,1-2H3;1-3,8H,4-7,14H2. The molecule has 6 N–H and O–H groups in total. The molecule has 0 radical (unpaired) electrons. The first-order chi connectivity index (χ1) is 29.8. The molecule has 1 saturated heterocycles. The number of nitrogens with two attached hydrogens (primary N) is 2. The van der Waals surface area contributed by atoms with E-state index in [0.717, 1.165) is 93.0 Å². The number of hydrogen-bond donors (Lipinski definition) is 4. The number of nitrogens with one attached hydrogen (secondary N) is 2. The number of aryl methyl sites for hydroxylation is 1. The van der Waals surface area contributed by atoms with E-state index in [1.54, 1.807) is 0 Å². The lowest BCUT2D eigenvalue weighted by atomic mass is 9.77. The molecule has 2 aromatic heterocycles. The quantitative estimate of drug-likeness (QED) is 0.0878. The average Bonchev–Trinajstić information content (AvgIpc) is 4.08. The summed E-state index contributed by atoms with van der Waals surface area (Å²) in [4.78, 5) is 34.3.